The van der Waals surface area contributed by atoms with Gasteiger partial charge in [0.1, 0.15) is 0 Å². The average molecular weight is 191 g/mol. The number of hydrogen-bond acceptors (Lipinski definition) is 2. The van der Waals surface area contributed by atoms with Gasteiger partial charge in [-0.3, -0.25) is 4.68 Å². The molecule has 14 heavy (non-hydrogen) atoms. The molecule has 3 rings (SSSR count). The van der Waals surface area contributed by atoms with Crippen molar-refractivity contribution in [2.75, 3.05) is 0 Å². The molecule has 2 aliphatic rings. The van der Waals surface area contributed by atoms with Crippen molar-refractivity contribution in [3.05, 3.63) is 17.5 Å². The highest BCUT2D eigenvalue weighted by molar-refractivity contribution is 5.39. The van der Waals surface area contributed by atoms with Crippen LogP contribution in [0, 0.1) is 6.92 Å². The van der Waals surface area contributed by atoms with Crippen LogP contribution in [0.4, 0.5) is 0 Å². The van der Waals surface area contributed by atoms with Crippen LogP contribution in [0.5, 0.6) is 0 Å². The second-order valence-electron chi connectivity index (χ2n) is 5.07. The fourth-order valence-corrected chi connectivity index (χ4v) is 2.79. The van der Waals surface area contributed by atoms with E-state index in [9.17, 15) is 0 Å². The van der Waals surface area contributed by atoms with E-state index >= 15 is 0 Å². The first-order valence-electron chi connectivity index (χ1n) is 5.37. The summed E-state index contributed by atoms with van der Waals surface area (Å²) in [7, 11) is 1.99. The molecule has 0 aromatic carbocycles. The molecular formula is C11H17N3. The largest absolute Gasteiger partial charge is 0.324 e. The molecule has 0 atom stereocenters. The van der Waals surface area contributed by atoms with Crippen LogP contribution >= 0.6 is 0 Å². The normalized spacial score (nSPS) is 26.2. The van der Waals surface area contributed by atoms with Crippen LogP contribution in [0.2, 0.25) is 0 Å². The predicted octanol–water partition coefficient (Wildman–Crippen LogP) is 1.25. The van der Waals surface area contributed by atoms with Gasteiger partial charge in [0.15, 0.2) is 0 Å². The summed E-state index contributed by atoms with van der Waals surface area (Å²) < 4.78 is 1.91. The van der Waals surface area contributed by atoms with E-state index in [1.807, 2.05) is 11.7 Å². The van der Waals surface area contributed by atoms with Crippen LogP contribution in [-0.2, 0) is 12.5 Å². The summed E-state index contributed by atoms with van der Waals surface area (Å²) in [5.41, 5.74) is 9.26. The number of aryl methyl sites for hydroxylation is 2. The predicted molar refractivity (Wildman–Crippen MR) is 55.0 cm³/mol. The zero-order valence-electron chi connectivity index (χ0n) is 8.88. The molecule has 0 bridgehead atoms. The third-order valence-electron chi connectivity index (χ3n) is 3.96. The number of hydrogen-bond donors (Lipinski definition) is 1. The summed E-state index contributed by atoms with van der Waals surface area (Å²) >= 11 is 0. The lowest BCUT2D eigenvalue weighted by atomic mass is 9.89. The highest BCUT2D eigenvalue weighted by atomic mass is 15.3. The third-order valence-corrected chi connectivity index (χ3v) is 3.96. The van der Waals surface area contributed by atoms with Gasteiger partial charge in [-0.05, 0) is 38.2 Å². The van der Waals surface area contributed by atoms with Crippen LogP contribution in [-0.4, -0.2) is 15.3 Å². The van der Waals surface area contributed by atoms with Gasteiger partial charge in [-0.2, -0.15) is 5.10 Å². The quantitative estimate of drug-likeness (QED) is 0.764. The summed E-state index contributed by atoms with van der Waals surface area (Å²) in [5.74, 6) is 0. The second-order valence-corrected chi connectivity index (χ2v) is 5.07. The van der Waals surface area contributed by atoms with Crippen molar-refractivity contribution in [3.63, 3.8) is 0 Å². The van der Waals surface area contributed by atoms with Crippen LogP contribution in [0.3, 0.4) is 0 Å². The Morgan fingerprint density at radius 3 is 2.36 bits per heavy atom. The molecule has 0 amide bonds. The summed E-state index contributed by atoms with van der Waals surface area (Å²) in [6.45, 7) is 2.15. The monoisotopic (exact) mass is 191 g/mol. The minimum Gasteiger partial charge on any atom is -0.324 e. The van der Waals surface area contributed by atoms with Gasteiger partial charge in [-0.1, -0.05) is 0 Å². The Labute approximate surface area is 84.3 Å². The highest BCUT2D eigenvalue weighted by Crippen LogP contribution is 2.63. The van der Waals surface area contributed by atoms with Crippen molar-refractivity contribution >= 4 is 0 Å². The average Bonchev–Trinajstić information content (AvgIpc) is 2.97. The molecule has 0 saturated heterocycles. The maximum absolute atomic E-state index is 6.35. The number of nitrogens with two attached hydrogens (primary N) is 1. The summed E-state index contributed by atoms with van der Waals surface area (Å²) in [6, 6.07) is 0. The fraction of sp³-hybridized carbons (Fsp3) is 0.727. The van der Waals surface area contributed by atoms with Crippen LogP contribution in [0.1, 0.15) is 36.9 Å². The van der Waals surface area contributed by atoms with Crippen molar-refractivity contribution in [3.8, 4) is 0 Å². The van der Waals surface area contributed by atoms with Gasteiger partial charge in [0.25, 0.3) is 0 Å². The molecule has 0 unspecified atom stereocenters. The van der Waals surface area contributed by atoms with E-state index in [0.29, 0.717) is 0 Å². The van der Waals surface area contributed by atoms with E-state index in [4.69, 9.17) is 5.73 Å². The van der Waals surface area contributed by atoms with Crippen molar-refractivity contribution in [2.45, 2.75) is 43.6 Å². The van der Waals surface area contributed by atoms with E-state index < -0.39 is 0 Å². The molecule has 0 aliphatic heterocycles. The number of nitrogens with zero attached hydrogens (tertiary/aromatic N) is 2. The summed E-state index contributed by atoms with van der Waals surface area (Å²) in [4.78, 5) is 0. The fourth-order valence-electron chi connectivity index (χ4n) is 2.79. The van der Waals surface area contributed by atoms with E-state index in [-0.39, 0.29) is 11.0 Å². The molecule has 3 nitrogen and oxygen atoms in total. The standard InChI is InChI=1S/C11H17N3/c1-8-7-14(2)13-9(8)10(3-4-10)11(12)5-6-11/h7H,3-6,12H2,1-2H3. The number of rotatable bonds is 2. The first-order chi connectivity index (χ1) is 6.57. The summed E-state index contributed by atoms with van der Waals surface area (Å²) in [5, 5.41) is 4.59. The van der Waals surface area contributed by atoms with Crippen LogP contribution in [0.25, 0.3) is 0 Å². The Bertz CT molecular complexity index is 383. The maximum atomic E-state index is 6.35. The smallest absolute Gasteiger partial charge is 0.0733 e. The maximum Gasteiger partial charge on any atom is 0.0733 e. The zero-order chi connectivity index (χ0) is 9.97. The lowest BCUT2D eigenvalue weighted by molar-refractivity contribution is 0.483. The molecule has 0 radical (unpaired) electrons. The lowest BCUT2D eigenvalue weighted by Gasteiger charge is -2.21. The number of aromatic nitrogens is 2. The Hall–Kier alpha value is -0.830. The van der Waals surface area contributed by atoms with Gasteiger partial charge in [-0.25, -0.2) is 0 Å². The molecule has 76 valence electrons. The first-order valence-corrected chi connectivity index (χ1v) is 5.37. The molecule has 2 aliphatic carbocycles. The van der Waals surface area contributed by atoms with E-state index in [0.717, 1.165) is 0 Å². The van der Waals surface area contributed by atoms with Gasteiger partial charge >= 0.3 is 0 Å². The Balaban J connectivity index is 2.06. The molecule has 3 heteroatoms. The highest BCUT2D eigenvalue weighted by Gasteiger charge is 2.65. The Morgan fingerprint density at radius 2 is 2.00 bits per heavy atom. The SMILES string of the molecule is Cc1cn(C)nc1C1(C2(N)CC2)CC1. The van der Waals surface area contributed by atoms with Gasteiger partial charge in [0.05, 0.1) is 5.69 Å². The zero-order valence-corrected chi connectivity index (χ0v) is 8.88. The van der Waals surface area contributed by atoms with Gasteiger partial charge < -0.3 is 5.73 Å². The molecule has 2 saturated carbocycles. The molecular weight excluding hydrogens is 174 g/mol. The molecule has 2 N–H and O–H groups in total. The minimum absolute atomic E-state index is 0.0894. The van der Waals surface area contributed by atoms with E-state index in [1.54, 1.807) is 0 Å². The first kappa shape index (κ1) is 8.48. The van der Waals surface area contributed by atoms with Crippen LogP contribution in [0.15, 0.2) is 6.20 Å². The second kappa shape index (κ2) is 2.22. The van der Waals surface area contributed by atoms with Crippen molar-refractivity contribution < 1.29 is 0 Å². The molecule has 1 aromatic rings. The van der Waals surface area contributed by atoms with Gasteiger partial charge in [0.2, 0.25) is 0 Å². The van der Waals surface area contributed by atoms with E-state index in [1.165, 1.54) is 36.9 Å². The molecule has 1 aromatic heterocycles. The summed E-state index contributed by atoms with van der Waals surface area (Å²) in [6.07, 6.45) is 6.94. The molecule has 2 fully saturated rings. The molecule has 0 spiro atoms. The Morgan fingerprint density at radius 1 is 1.36 bits per heavy atom. The van der Waals surface area contributed by atoms with Gasteiger partial charge in [0, 0.05) is 24.2 Å². The minimum atomic E-state index is 0.0894. The van der Waals surface area contributed by atoms with Gasteiger partial charge in [-0.15, -0.1) is 0 Å². The third kappa shape index (κ3) is 0.883. The van der Waals surface area contributed by atoms with E-state index in [2.05, 4.69) is 18.2 Å². The Kier molecular flexibility index (Phi) is 1.34. The molecule has 1 heterocycles. The van der Waals surface area contributed by atoms with Crippen LogP contribution < -0.4 is 5.73 Å². The van der Waals surface area contributed by atoms with Crippen molar-refractivity contribution in [1.82, 2.24) is 9.78 Å². The lowest BCUT2D eigenvalue weighted by Crippen LogP contribution is -2.38. The van der Waals surface area contributed by atoms with Crippen molar-refractivity contribution in [2.24, 2.45) is 12.8 Å². The topological polar surface area (TPSA) is 43.8 Å². The van der Waals surface area contributed by atoms with Crippen molar-refractivity contribution in [1.29, 1.82) is 0 Å².